The zero-order valence-electron chi connectivity index (χ0n) is 15.8. The van der Waals surface area contributed by atoms with Crippen LogP contribution in [0.2, 0.25) is 0 Å². The summed E-state index contributed by atoms with van der Waals surface area (Å²) in [5, 5.41) is 12.0. The van der Waals surface area contributed by atoms with Gasteiger partial charge in [-0.1, -0.05) is 42.1 Å². The van der Waals surface area contributed by atoms with Crippen LogP contribution in [0.3, 0.4) is 0 Å². The Bertz CT molecular complexity index is 948. The van der Waals surface area contributed by atoms with Crippen LogP contribution in [-0.4, -0.2) is 33.5 Å². The molecular weight excluding hydrogens is 360 g/mol. The van der Waals surface area contributed by atoms with Crippen LogP contribution in [0.15, 0.2) is 47.6 Å². The maximum Gasteiger partial charge on any atom is 0.234 e. The topological polar surface area (TPSA) is 69.0 Å². The zero-order chi connectivity index (χ0) is 19.4. The first kappa shape index (κ1) is 19.0. The summed E-state index contributed by atoms with van der Waals surface area (Å²) < 4.78 is 7.34. The van der Waals surface area contributed by atoms with Crippen molar-refractivity contribution in [2.75, 3.05) is 18.2 Å². The first-order valence-electron chi connectivity index (χ1n) is 8.55. The molecule has 0 radical (unpaired) electrons. The number of amides is 1. The number of hydrogen-bond acceptors (Lipinski definition) is 5. The van der Waals surface area contributed by atoms with Gasteiger partial charge in [-0.15, -0.1) is 10.2 Å². The molecule has 2 aromatic carbocycles. The second-order valence-electron chi connectivity index (χ2n) is 6.14. The monoisotopic (exact) mass is 382 g/mol. The van der Waals surface area contributed by atoms with Gasteiger partial charge in [0.05, 0.1) is 18.6 Å². The van der Waals surface area contributed by atoms with E-state index in [4.69, 9.17) is 4.74 Å². The number of aryl methyl sites for hydroxylation is 3. The standard InChI is InChI=1S/C20H22N4O2S/c1-13-8-7-9-14(2)19(13)21-18(25)12-27-20-23-22-15(3)24(20)16-10-5-6-11-17(16)26-4/h5-11H,12H2,1-4H3,(H,21,25). The van der Waals surface area contributed by atoms with E-state index in [0.29, 0.717) is 5.16 Å². The normalized spacial score (nSPS) is 10.7. The number of rotatable bonds is 6. The fourth-order valence-electron chi connectivity index (χ4n) is 2.85. The van der Waals surface area contributed by atoms with E-state index in [9.17, 15) is 4.79 Å². The van der Waals surface area contributed by atoms with E-state index in [1.165, 1.54) is 11.8 Å². The van der Waals surface area contributed by atoms with Gasteiger partial charge in [-0.2, -0.15) is 0 Å². The molecule has 0 atom stereocenters. The van der Waals surface area contributed by atoms with E-state index >= 15 is 0 Å². The fraction of sp³-hybridized carbons (Fsp3) is 0.250. The summed E-state index contributed by atoms with van der Waals surface area (Å²) in [6, 6.07) is 13.6. The Labute approximate surface area is 163 Å². The molecule has 0 unspecified atom stereocenters. The highest BCUT2D eigenvalue weighted by molar-refractivity contribution is 7.99. The van der Waals surface area contributed by atoms with Crippen LogP contribution in [0.1, 0.15) is 17.0 Å². The maximum atomic E-state index is 12.5. The quantitative estimate of drug-likeness (QED) is 0.654. The number of aromatic nitrogens is 3. The Balaban J connectivity index is 1.77. The summed E-state index contributed by atoms with van der Waals surface area (Å²) in [5.41, 5.74) is 3.80. The third kappa shape index (κ3) is 4.14. The second kappa shape index (κ2) is 8.26. The van der Waals surface area contributed by atoms with Crippen LogP contribution < -0.4 is 10.1 Å². The lowest BCUT2D eigenvalue weighted by Crippen LogP contribution is -2.16. The van der Waals surface area contributed by atoms with Gasteiger partial charge in [0, 0.05) is 5.69 Å². The van der Waals surface area contributed by atoms with Crippen molar-refractivity contribution in [2.45, 2.75) is 25.9 Å². The van der Waals surface area contributed by atoms with Gasteiger partial charge in [-0.25, -0.2) is 0 Å². The lowest BCUT2D eigenvalue weighted by Gasteiger charge is -2.13. The van der Waals surface area contributed by atoms with Crippen LogP contribution in [0.25, 0.3) is 5.69 Å². The Morgan fingerprint density at radius 1 is 1.07 bits per heavy atom. The minimum absolute atomic E-state index is 0.0790. The Morgan fingerprint density at radius 2 is 1.78 bits per heavy atom. The van der Waals surface area contributed by atoms with Crippen LogP contribution in [0, 0.1) is 20.8 Å². The summed E-state index contributed by atoms with van der Waals surface area (Å²) in [7, 11) is 1.63. The number of ether oxygens (including phenoxy) is 1. The van der Waals surface area contributed by atoms with Gasteiger partial charge in [0.2, 0.25) is 5.91 Å². The molecule has 1 aromatic heterocycles. The molecule has 3 rings (SSSR count). The number of para-hydroxylation sites is 3. The molecule has 1 heterocycles. The lowest BCUT2D eigenvalue weighted by atomic mass is 10.1. The summed E-state index contributed by atoms with van der Waals surface area (Å²) in [5.74, 6) is 1.62. The fourth-order valence-corrected chi connectivity index (χ4v) is 3.64. The van der Waals surface area contributed by atoms with Gasteiger partial charge in [0.25, 0.3) is 0 Å². The molecule has 0 saturated carbocycles. The molecule has 6 nitrogen and oxygen atoms in total. The molecule has 3 aromatic rings. The highest BCUT2D eigenvalue weighted by atomic mass is 32.2. The summed E-state index contributed by atoms with van der Waals surface area (Å²) in [6.45, 7) is 5.84. The van der Waals surface area contributed by atoms with Crippen LogP contribution >= 0.6 is 11.8 Å². The highest BCUT2D eigenvalue weighted by Crippen LogP contribution is 2.28. The van der Waals surface area contributed by atoms with Gasteiger partial charge >= 0.3 is 0 Å². The molecule has 1 N–H and O–H groups in total. The number of carbonyl (C=O) groups is 1. The van der Waals surface area contributed by atoms with Crippen LogP contribution in [0.4, 0.5) is 5.69 Å². The first-order valence-corrected chi connectivity index (χ1v) is 9.54. The molecule has 0 saturated heterocycles. The van der Waals surface area contributed by atoms with E-state index in [1.54, 1.807) is 7.11 Å². The van der Waals surface area contributed by atoms with Gasteiger partial charge in [-0.05, 0) is 44.0 Å². The third-order valence-corrected chi connectivity index (χ3v) is 5.13. The van der Waals surface area contributed by atoms with E-state index in [-0.39, 0.29) is 11.7 Å². The van der Waals surface area contributed by atoms with E-state index in [2.05, 4.69) is 15.5 Å². The largest absolute Gasteiger partial charge is 0.495 e. The van der Waals surface area contributed by atoms with Gasteiger partial charge in [0.15, 0.2) is 5.16 Å². The third-order valence-electron chi connectivity index (χ3n) is 4.20. The molecule has 0 aliphatic heterocycles. The lowest BCUT2D eigenvalue weighted by molar-refractivity contribution is -0.113. The van der Waals surface area contributed by atoms with E-state index < -0.39 is 0 Å². The molecule has 0 spiro atoms. The van der Waals surface area contributed by atoms with Gasteiger partial charge < -0.3 is 10.1 Å². The summed E-state index contributed by atoms with van der Waals surface area (Å²) >= 11 is 1.34. The van der Waals surface area contributed by atoms with Crippen molar-refractivity contribution in [1.29, 1.82) is 0 Å². The van der Waals surface area contributed by atoms with Crippen molar-refractivity contribution >= 4 is 23.4 Å². The number of nitrogens with one attached hydrogen (secondary N) is 1. The van der Waals surface area contributed by atoms with Crippen molar-refractivity contribution in [3.05, 3.63) is 59.4 Å². The molecule has 0 aliphatic carbocycles. The Hall–Kier alpha value is -2.80. The predicted octanol–water partition coefficient (Wildman–Crippen LogP) is 3.93. The molecule has 27 heavy (non-hydrogen) atoms. The number of methoxy groups -OCH3 is 1. The van der Waals surface area contributed by atoms with Crippen molar-refractivity contribution in [3.63, 3.8) is 0 Å². The molecule has 1 amide bonds. The number of benzene rings is 2. The highest BCUT2D eigenvalue weighted by Gasteiger charge is 2.16. The number of carbonyl (C=O) groups excluding carboxylic acids is 1. The Morgan fingerprint density at radius 3 is 2.48 bits per heavy atom. The van der Waals surface area contributed by atoms with E-state index in [0.717, 1.165) is 34.1 Å². The van der Waals surface area contributed by atoms with Gasteiger partial charge in [0.1, 0.15) is 11.6 Å². The van der Waals surface area contributed by atoms with Crippen LogP contribution in [-0.2, 0) is 4.79 Å². The summed E-state index contributed by atoms with van der Waals surface area (Å²) in [4.78, 5) is 12.5. The second-order valence-corrected chi connectivity index (χ2v) is 7.08. The SMILES string of the molecule is COc1ccccc1-n1c(C)nnc1SCC(=O)Nc1c(C)cccc1C. The maximum absolute atomic E-state index is 12.5. The molecular formula is C20H22N4O2S. The molecule has 7 heteroatoms. The minimum atomic E-state index is -0.0790. The van der Waals surface area contributed by atoms with Crippen molar-refractivity contribution in [1.82, 2.24) is 14.8 Å². The minimum Gasteiger partial charge on any atom is -0.495 e. The summed E-state index contributed by atoms with van der Waals surface area (Å²) in [6.07, 6.45) is 0. The van der Waals surface area contributed by atoms with Crippen molar-refractivity contribution in [2.24, 2.45) is 0 Å². The van der Waals surface area contributed by atoms with E-state index in [1.807, 2.05) is 67.8 Å². The zero-order valence-corrected chi connectivity index (χ0v) is 16.6. The number of thioether (sulfide) groups is 1. The number of hydrogen-bond donors (Lipinski definition) is 1. The van der Waals surface area contributed by atoms with Crippen LogP contribution in [0.5, 0.6) is 5.75 Å². The first-order chi connectivity index (χ1) is 13.0. The van der Waals surface area contributed by atoms with Crippen molar-refractivity contribution < 1.29 is 9.53 Å². The van der Waals surface area contributed by atoms with Gasteiger partial charge in [-0.3, -0.25) is 9.36 Å². The number of nitrogens with zero attached hydrogens (tertiary/aromatic N) is 3. The number of anilines is 1. The van der Waals surface area contributed by atoms with Crippen molar-refractivity contribution in [3.8, 4) is 11.4 Å². The average Bonchev–Trinajstić information content (AvgIpc) is 3.03. The average molecular weight is 382 g/mol. The smallest absolute Gasteiger partial charge is 0.234 e. The Kier molecular flexibility index (Phi) is 5.81. The molecule has 0 aliphatic rings. The predicted molar refractivity (Wildman–Crippen MR) is 108 cm³/mol. The molecule has 140 valence electrons. The molecule has 0 bridgehead atoms. The molecule has 0 fully saturated rings.